The minimum Gasteiger partial charge on any atom is -0.370 e. The number of rotatable bonds is 13. The maximum Gasteiger partial charge on any atom is 0.243 e. The maximum atomic E-state index is 14.7. The Morgan fingerprint density at radius 1 is 0.606 bits per heavy atom. The number of imidazole rings is 1. The minimum atomic E-state index is -1.41. The first-order valence-corrected chi connectivity index (χ1v) is 23.2. The largest absolute Gasteiger partial charge is 0.370 e. The Morgan fingerprint density at radius 2 is 1.14 bits per heavy atom. The fraction of sp³-hybridized carbons (Fsp3) is 0.347. The van der Waals surface area contributed by atoms with Gasteiger partial charge in [-0.3, -0.25) is 43.3 Å². The maximum absolute atomic E-state index is 14.7. The molecule has 6 rings (SSSR count). The van der Waals surface area contributed by atoms with E-state index in [4.69, 9.17) is 17.2 Å². The highest BCUT2D eigenvalue weighted by atomic mass is 16.2. The van der Waals surface area contributed by atoms with Gasteiger partial charge >= 0.3 is 0 Å². The molecule has 1 fully saturated rings. The number of H-pyrrole nitrogens is 2. The zero-order valence-corrected chi connectivity index (χ0v) is 39.1. The summed E-state index contributed by atoms with van der Waals surface area (Å²) in [5.41, 5.74) is 20.0. The van der Waals surface area contributed by atoms with E-state index in [2.05, 4.69) is 57.2 Å². The van der Waals surface area contributed by atoms with Crippen LogP contribution in [0.25, 0.3) is 10.9 Å². The van der Waals surface area contributed by atoms with Crippen molar-refractivity contribution in [3.63, 3.8) is 0 Å². The van der Waals surface area contributed by atoms with Crippen molar-refractivity contribution in [1.82, 2.24) is 52.2 Å². The number of primary amides is 1. The summed E-state index contributed by atoms with van der Waals surface area (Å²) in [6.07, 6.45) is 3.75. The molecule has 0 radical (unpaired) electrons. The molecule has 3 aromatic carbocycles. The summed E-state index contributed by atoms with van der Waals surface area (Å²) in [6, 6.07) is 15.6. The summed E-state index contributed by atoms with van der Waals surface area (Å²) >= 11 is 0. The smallest absolute Gasteiger partial charge is 0.243 e. The molecule has 71 heavy (non-hydrogen) atoms. The van der Waals surface area contributed by atoms with Crippen molar-refractivity contribution in [2.45, 2.75) is 101 Å². The van der Waals surface area contributed by atoms with Gasteiger partial charge in [0.15, 0.2) is 5.96 Å². The third-order valence-electron chi connectivity index (χ3n) is 11.8. The number of para-hydroxylation sites is 1. The lowest BCUT2D eigenvalue weighted by Crippen LogP contribution is -2.60. The molecule has 8 amide bonds. The number of nitrogens with zero attached hydrogens (tertiary/aromatic N) is 2. The highest BCUT2D eigenvalue weighted by Gasteiger charge is 2.35. The van der Waals surface area contributed by atoms with Crippen LogP contribution in [0, 0.1) is 0 Å². The Labute approximate surface area is 408 Å². The number of nitrogens with two attached hydrogens (primary N) is 3. The van der Waals surface area contributed by atoms with Crippen LogP contribution in [0.3, 0.4) is 0 Å². The molecule has 5 aromatic rings. The number of benzene rings is 3. The zero-order chi connectivity index (χ0) is 50.9. The van der Waals surface area contributed by atoms with Crippen molar-refractivity contribution in [3.8, 4) is 0 Å². The molecule has 0 saturated carbocycles. The number of carbonyl (C=O) groups excluding carboxylic acids is 8. The van der Waals surface area contributed by atoms with E-state index >= 15 is 0 Å². The van der Waals surface area contributed by atoms with Gasteiger partial charge in [0.1, 0.15) is 42.3 Å². The van der Waals surface area contributed by atoms with Crippen molar-refractivity contribution in [3.05, 3.63) is 126 Å². The van der Waals surface area contributed by atoms with Crippen LogP contribution in [0.1, 0.15) is 55.0 Å². The fourth-order valence-corrected chi connectivity index (χ4v) is 8.04. The molecule has 7 atom stereocenters. The molecule has 3 heterocycles. The number of hydrogen-bond acceptors (Lipinski definition) is 10. The van der Waals surface area contributed by atoms with Crippen molar-refractivity contribution >= 4 is 64.1 Å². The number of hydrogen-bond donors (Lipinski definition) is 12. The molecule has 1 saturated heterocycles. The average Bonchev–Trinajstić information content (AvgIpc) is 4.03. The fourth-order valence-electron chi connectivity index (χ4n) is 8.04. The van der Waals surface area contributed by atoms with Gasteiger partial charge in [-0.05, 0) is 48.9 Å². The molecule has 0 spiro atoms. The summed E-state index contributed by atoms with van der Waals surface area (Å²) in [7, 11) is 0. The molecular formula is C49H60N14O8. The lowest BCUT2D eigenvalue weighted by Gasteiger charge is -2.27. The zero-order valence-electron chi connectivity index (χ0n) is 39.1. The predicted octanol–water partition coefficient (Wildman–Crippen LogP) is -1.09. The van der Waals surface area contributed by atoms with Gasteiger partial charge in [0.25, 0.3) is 0 Å². The van der Waals surface area contributed by atoms with E-state index in [9.17, 15) is 38.4 Å². The first-order chi connectivity index (χ1) is 34.1. The Hall–Kier alpha value is -8.56. The average molecular weight is 973 g/mol. The van der Waals surface area contributed by atoms with Crippen LogP contribution < -0.4 is 54.4 Å². The van der Waals surface area contributed by atoms with Crippen LogP contribution in [0.15, 0.2) is 109 Å². The molecule has 1 aliphatic heterocycles. The normalized spacial score (nSPS) is 22.4. The van der Waals surface area contributed by atoms with Gasteiger partial charge < -0.3 is 64.4 Å². The minimum absolute atomic E-state index is 0.0100. The molecule has 22 nitrogen and oxygen atoms in total. The molecule has 0 unspecified atom stereocenters. The third kappa shape index (κ3) is 15.5. The Balaban J connectivity index is 1.39. The van der Waals surface area contributed by atoms with Gasteiger partial charge in [-0.15, -0.1) is 0 Å². The van der Waals surface area contributed by atoms with E-state index in [1.165, 1.54) is 19.4 Å². The van der Waals surface area contributed by atoms with E-state index in [0.29, 0.717) is 22.4 Å². The van der Waals surface area contributed by atoms with Crippen molar-refractivity contribution < 1.29 is 38.4 Å². The molecule has 2 aromatic heterocycles. The topological polar surface area (TPSA) is 356 Å². The van der Waals surface area contributed by atoms with Gasteiger partial charge in [-0.25, -0.2) is 4.98 Å². The van der Waals surface area contributed by atoms with Crippen molar-refractivity contribution in [2.24, 2.45) is 22.2 Å². The molecule has 22 heteroatoms. The SMILES string of the molecule is C[C@@H]1NC(=O)[C@H](Cc2cnc[nH]2)NC(=O)[C@@H](Cc2ccccc2)NC(=O)[C@H](Cc2c[nH]c3ccccc23)NC(=O)[C@H](CCCN=C(N)N)NC(=O)CC[C@@H](C(N)=O)NC(=O)[C@H](Cc2ccccc2)NC1=O. The highest BCUT2D eigenvalue weighted by Crippen LogP contribution is 2.20. The molecule has 15 N–H and O–H groups in total. The summed E-state index contributed by atoms with van der Waals surface area (Å²) in [5.74, 6) is -6.56. The Kier molecular flexibility index (Phi) is 18.4. The van der Waals surface area contributed by atoms with Crippen LogP contribution in [0.4, 0.5) is 0 Å². The number of carbonyl (C=O) groups is 8. The summed E-state index contributed by atoms with van der Waals surface area (Å²) < 4.78 is 0. The Bertz CT molecular complexity index is 2670. The van der Waals surface area contributed by atoms with Crippen molar-refractivity contribution in [1.29, 1.82) is 0 Å². The molecule has 0 bridgehead atoms. The number of aromatic amines is 2. The quantitative estimate of drug-likeness (QED) is 0.0382. The summed E-state index contributed by atoms with van der Waals surface area (Å²) in [6.45, 7) is 1.48. The van der Waals surface area contributed by atoms with E-state index < -0.39 is 96.0 Å². The highest BCUT2D eigenvalue weighted by molar-refractivity contribution is 5.98. The molecular weight excluding hydrogens is 913 g/mol. The van der Waals surface area contributed by atoms with Gasteiger partial charge in [0, 0.05) is 67.6 Å². The van der Waals surface area contributed by atoms with Crippen LogP contribution in [0.5, 0.6) is 0 Å². The number of aromatic nitrogens is 3. The van der Waals surface area contributed by atoms with E-state index in [1.807, 2.05) is 24.3 Å². The number of fused-ring (bicyclic) bond motifs is 1. The number of guanidine groups is 1. The molecule has 1 aliphatic rings. The van der Waals surface area contributed by atoms with E-state index in [-0.39, 0.29) is 57.5 Å². The van der Waals surface area contributed by atoms with Crippen LogP contribution in [-0.4, -0.2) is 117 Å². The van der Waals surface area contributed by atoms with E-state index in [1.54, 1.807) is 66.9 Å². The van der Waals surface area contributed by atoms with Crippen molar-refractivity contribution in [2.75, 3.05) is 6.54 Å². The molecule has 0 aliphatic carbocycles. The summed E-state index contributed by atoms with van der Waals surface area (Å²) in [4.78, 5) is 126. The summed E-state index contributed by atoms with van der Waals surface area (Å²) in [5, 5.41) is 19.7. The third-order valence-corrected chi connectivity index (χ3v) is 11.8. The monoisotopic (exact) mass is 972 g/mol. The number of nitrogens with one attached hydrogen (secondary N) is 9. The first kappa shape index (κ1) is 51.8. The van der Waals surface area contributed by atoms with Gasteiger partial charge in [0.05, 0.1) is 6.33 Å². The van der Waals surface area contributed by atoms with Crippen LogP contribution in [0.2, 0.25) is 0 Å². The second kappa shape index (κ2) is 25.2. The van der Waals surface area contributed by atoms with Crippen LogP contribution >= 0.6 is 0 Å². The number of amides is 8. The standard InChI is InChI=1S/C49H60N14O8/c1-28-43(66)60-37(21-29-11-4-2-5-12-29)46(69)59-35(42(50)65)18-19-41(64)58-36(17-10-20-54-49(51)52)44(67)62-39(23-31-25-55-34-16-9-8-15-33(31)34)48(71)61-38(22-30-13-6-3-7-14-30)47(70)63-40(45(68)57-28)24-32-26-53-27-56-32/h2-9,11-16,25-28,35-40,55H,10,17-24H2,1H3,(H2,50,65)(H,53,56)(H,57,68)(H,58,64)(H,59,69)(H,60,66)(H,61,71)(H,62,67)(H,63,70)(H4,51,52,54)/t28-,35-,36-,37-,38+,39-,40-/m0/s1. The van der Waals surface area contributed by atoms with Crippen LogP contribution in [-0.2, 0) is 64.0 Å². The molecule has 374 valence electrons. The lowest BCUT2D eigenvalue weighted by atomic mass is 10.0. The Morgan fingerprint density at radius 3 is 1.73 bits per heavy atom. The lowest BCUT2D eigenvalue weighted by molar-refractivity contribution is -0.135. The van der Waals surface area contributed by atoms with Gasteiger partial charge in [-0.2, -0.15) is 0 Å². The second-order valence-electron chi connectivity index (χ2n) is 17.3. The predicted molar refractivity (Wildman–Crippen MR) is 262 cm³/mol. The number of aliphatic imine (C=N–C) groups is 1. The van der Waals surface area contributed by atoms with Gasteiger partial charge in [0.2, 0.25) is 47.3 Å². The van der Waals surface area contributed by atoms with Gasteiger partial charge in [-0.1, -0.05) is 78.9 Å². The van der Waals surface area contributed by atoms with E-state index in [0.717, 1.165) is 10.9 Å². The second-order valence-corrected chi connectivity index (χ2v) is 17.3. The first-order valence-electron chi connectivity index (χ1n) is 23.2.